The number of guanidine groups is 1. The molecule has 7 heteroatoms. The van der Waals surface area contributed by atoms with Crippen molar-refractivity contribution in [3.05, 3.63) is 35.9 Å². The molecule has 148 valence electrons. The van der Waals surface area contributed by atoms with Crippen molar-refractivity contribution in [2.75, 3.05) is 26.0 Å². The molecule has 0 radical (unpaired) electrons. The van der Waals surface area contributed by atoms with Gasteiger partial charge in [0.2, 0.25) is 0 Å². The average Bonchev–Trinajstić information content (AvgIpc) is 2.67. The van der Waals surface area contributed by atoms with Gasteiger partial charge in [0.15, 0.2) is 5.96 Å². The van der Waals surface area contributed by atoms with Gasteiger partial charge in [0.25, 0.3) is 0 Å². The maximum absolute atomic E-state index is 12.0. The highest BCUT2D eigenvalue weighted by Crippen LogP contribution is 2.22. The van der Waals surface area contributed by atoms with Crippen molar-refractivity contribution in [3.8, 4) is 0 Å². The second-order valence-electron chi connectivity index (χ2n) is 6.34. The van der Waals surface area contributed by atoms with Crippen molar-refractivity contribution < 1.29 is 8.95 Å². The van der Waals surface area contributed by atoms with Crippen molar-refractivity contribution in [2.45, 2.75) is 50.5 Å². The third-order valence-electron chi connectivity index (χ3n) is 4.50. The molecular formula is C19H32IN3O2S. The number of hydrogen-bond donors (Lipinski definition) is 2. The first kappa shape index (κ1) is 23.4. The number of hydrogen-bond acceptors (Lipinski definition) is 3. The van der Waals surface area contributed by atoms with E-state index in [-0.39, 0.29) is 24.0 Å². The van der Waals surface area contributed by atoms with Crippen LogP contribution in [0, 0.1) is 0 Å². The van der Waals surface area contributed by atoms with E-state index in [1.807, 2.05) is 25.1 Å². The van der Waals surface area contributed by atoms with Gasteiger partial charge in [-0.3, -0.25) is 9.20 Å². The number of aliphatic imine (C=N–C) groups is 1. The van der Waals surface area contributed by atoms with Crippen molar-refractivity contribution in [3.63, 3.8) is 0 Å². The van der Waals surface area contributed by atoms with Crippen LogP contribution >= 0.6 is 24.0 Å². The number of halogens is 1. The Kier molecular flexibility index (Phi) is 12.1. The second-order valence-corrected chi connectivity index (χ2v) is 8.34. The first-order chi connectivity index (χ1) is 12.2. The van der Waals surface area contributed by atoms with E-state index >= 15 is 0 Å². The first-order valence-electron chi connectivity index (χ1n) is 9.19. The lowest BCUT2D eigenvalue weighted by molar-refractivity contribution is 0.125. The molecule has 0 amide bonds. The zero-order chi connectivity index (χ0) is 17.9. The molecule has 3 atom stereocenters. The van der Waals surface area contributed by atoms with E-state index in [0.717, 1.165) is 37.4 Å². The van der Waals surface area contributed by atoms with E-state index in [9.17, 15) is 4.21 Å². The highest BCUT2D eigenvalue weighted by atomic mass is 127. The molecule has 3 unspecified atom stereocenters. The summed E-state index contributed by atoms with van der Waals surface area (Å²) in [5.41, 5.74) is 1.18. The SMILES string of the molecule is CCS(=O)C1CCCC(NC(=NC)NCCOCc2ccccc2)C1.I. The summed E-state index contributed by atoms with van der Waals surface area (Å²) in [4.78, 5) is 4.29. The molecule has 1 fully saturated rings. The summed E-state index contributed by atoms with van der Waals surface area (Å²) in [7, 11) is 1.08. The Labute approximate surface area is 177 Å². The Morgan fingerprint density at radius 2 is 2.08 bits per heavy atom. The summed E-state index contributed by atoms with van der Waals surface area (Å²) in [6.07, 6.45) is 4.29. The van der Waals surface area contributed by atoms with Crippen LogP contribution in [0.2, 0.25) is 0 Å². The van der Waals surface area contributed by atoms with Gasteiger partial charge in [-0.2, -0.15) is 0 Å². The molecule has 5 nitrogen and oxygen atoms in total. The van der Waals surface area contributed by atoms with Crippen LogP contribution in [0.1, 0.15) is 38.2 Å². The summed E-state index contributed by atoms with van der Waals surface area (Å²) in [5, 5.41) is 7.09. The predicted molar refractivity (Wildman–Crippen MR) is 121 cm³/mol. The topological polar surface area (TPSA) is 62.7 Å². The highest BCUT2D eigenvalue weighted by Gasteiger charge is 2.25. The molecule has 0 saturated heterocycles. The molecular weight excluding hydrogens is 461 g/mol. The Morgan fingerprint density at radius 1 is 1.31 bits per heavy atom. The molecule has 1 saturated carbocycles. The smallest absolute Gasteiger partial charge is 0.191 e. The lowest BCUT2D eigenvalue weighted by Crippen LogP contribution is -2.47. The van der Waals surface area contributed by atoms with E-state index in [1.165, 1.54) is 5.56 Å². The molecule has 1 aliphatic carbocycles. The van der Waals surface area contributed by atoms with Crippen LogP contribution in [0.5, 0.6) is 0 Å². The van der Waals surface area contributed by atoms with Gasteiger partial charge in [-0.25, -0.2) is 0 Å². The van der Waals surface area contributed by atoms with Gasteiger partial charge in [0.05, 0.1) is 13.2 Å². The second kappa shape index (κ2) is 13.5. The van der Waals surface area contributed by atoms with Gasteiger partial charge in [-0.05, 0) is 24.8 Å². The lowest BCUT2D eigenvalue weighted by atomic mass is 9.95. The number of nitrogens with zero attached hydrogens (tertiary/aromatic N) is 1. The first-order valence-corrected chi connectivity index (χ1v) is 10.6. The van der Waals surface area contributed by atoms with E-state index in [1.54, 1.807) is 7.05 Å². The van der Waals surface area contributed by atoms with Crippen LogP contribution in [0.15, 0.2) is 35.3 Å². The minimum absolute atomic E-state index is 0. The van der Waals surface area contributed by atoms with Gasteiger partial charge in [0.1, 0.15) is 0 Å². The Hall–Kier alpha value is -0.670. The zero-order valence-electron chi connectivity index (χ0n) is 15.8. The number of ether oxygens (including phenoxy) is 1. The van der Waals surface area contributed by atoms with Crippen LogP contribution in [-0.2, 0) is 22.1 Å². The molecule has 2 rings (SSSR count). The van der Waals surface area contributed by atoms with Crippen molar-refractivity contribution in [1.82, 2.24) is 10.6 Å². The molecule has 1 aliphatic rings. The minimum atomic E-state index is -0.698. The highest BCUT2D eigenvalue weighted by molar-refractivity contribution is 14.0. The molecule has 1 aromatic rings. The van der Waals surface area contributed by atoms with E-state index in [2.05, 4.69) is 27.8 Å². The normalized spacial score (nSPS) is 21.5. The van der Waals surface area contributed by atoms with Crippen molar-refractivity contribution in [1.29, 1.82) is 0 Å². The van der Waals surface area contributed by atoms with Gasteiger partial charge in [-0.1, -0.05) is 43.7 Å². The van der Waals surface area contributed by atoms with Crippen LogP contribution in [0.4, 0.5) is 0 Å². The molecule has 0 aliphatic heterocycles. The van der Waals surface area contributed by atoms with Crippen molar-refractivity contribution in [2.24, 2.45) is 4.99 Å². The van der Waals surface area contributed by atoms with Crippen LogP contribution in [0.3, 0.4) is 0 Å². The largest absolute Gasteiger partial charge is 0.375 e. The fourth-order valence-corrected chi connectivity index (χ4v) is 4.49. The maximum atomic E-state index is 12.0. The monoisotopic (exact) mass is 493 g/mol. The number of benzene rings is 1. The Morgan fingerprint density at radius 3 is 2.77 bits per heavy atom. The Balaban J connectivity index is 0.00000338. The maximum Gasteiger partial charge on any atom is 0.191 e. The molecule has 26 heavy (non-hydrogen) atoms. The van der Waals surface area contributed by atoms with Crippen LogP contribution in [-0.4, -0.2) is 47.4 Å². The number of rotatable bonds is 8. The molecule has 0 aromatic heterocycles. The van der Waals surface area contributed by atoms with Gasteiger partial charge >= 0.3 is 0 Å². The average molecular weight is 493 g/mol. The molecule has 0 heterocycles. The van der Waals surface area contributed by atoms with E-state index < -0.39 is 10.8 Å². The fourth-order valence-electron chi connectivity index (χ4n) is 3.14. The third-order valence-corrected chi connectivity index (χ3v) is 6.24. The van der Waals surface area contributed by atoms with Crippen LogP contribution in [0.25, 0.3) is 0 Å². The Bertz CT molecular complexity index is 557. The third kappa shape index (κ3) is 8.35. The number of nitrogens with one attached hydrogen (secondary N) is 2. The summed E-state index contributed by atoms with van der Waals surface area (Å²) < 4.78 is 17.7. The molecule has 2 N–H and O–H groups in total. The lowest BCUT2D eigenvalue weighted by Gasteiger charge is -2.30. The van der Waals surface area contributed by atoms with Gasteiger partial charge in [-0.15, -0.1) is 24.0 Å². The summed E-state index contributed by atoms with van der Waals surface area (Å²) in [6, 6.07) is 10.5. The molecule has 0 bridgehead atoms. The molecule has 0 spiro atoms. The summed E-state index contributed by atoms with van der Waals surface area (Å²) >= 11 is 0. The van der Waals surface area contributed by atoms with E-state index in [0.29, 0.717) is 31.1 Å². The fraction of sp³-hybridized carbons (Fsp3) is 0.632. The molecule has 1 aromatic carbocycles. The summed E-state index contributed by atoms with van der Waals surface area (Å²) in [5.74, 6) is 1.56. The van der Waals surface area contributed by atoms with Gasteiger partial charge < -0.3 is 15.4 Å². The van der Waals surface area contributed by atoms with Crippen LogP contribution < -0.4 is 10.6 Å². The van der Waals surface area contributed by atoms with Gasteiger partial charge in [0, 0.05) is 41.4 Å². The predicted octanol–water partition coefficient (Wildman–Crippen LogP) is 3.07. The quantitative estimate of drug-likeness (QED) is 0.253. The van der Waals surface area contributed by atoms with Crippen molar-refractivity contribution >= 4 is 40.7 Å². The minimum Gasteiger partial charge on any atom is -0.375 e. The summed E-state index contributed by atoms with van der Waals surface area (Å²) in [6.45, 7) is 3.97. The van der Waals surface area contributed by atoms with E-state index in [4.69, 9.17) is 4.74 Å². The standard InChI is InChI=1S/C19H31N3O2S.HI/c1-3-25(23)18-11-7-10-17(14-18)22-19(20-2)21-12-13-24-15-16-8-5-4-6-9-16;/h4-6,8-9,17-18H,3,7,10-15H2,1-2H3,(H2,20,21,22);1H. The zero-order valence-corrected chi connectivity index (χ0v) is 18.9.